The molecule has 0 spiro atoms. The van der Waals surface area contributed by atoms with Crippen LogP contribution >= 0.6 is 22.7 Å². The first-order chi connectivity index (χ1) is 8.28. The Labute approximate surface area is 107 Å². The molecule has 2 aromatic heterocycles. The van der Waals surface area contributed by atoms with Gasteiger partial charge in [0, 0.05) is 19.9 Å². The van der Waals surface area contributed by atoms with E-state index in [1.165, 1.54) is 11.3 Å². The Bertz CT molecular complexity index is 503. The van der Waals surface area contributed by atoms with E-state index >= 15 is 0 Å². The van der Waals surface area contributed by atoms with Gasteiger partial charge in [-0.1, -0.05) is 34.8 Å². The number of hydrogen-bond donors (Lipinski definition) is 2. The molecule has 0 amide bonds. The minimum atomic E-state index is 0.510. The second-order valence-corrected chi connectivity index (χ2v) is 5.32. The first-order valence-electron chi connectivity index (χ1n) is 5.01. The quantitative estimate of drug-likeness (QED) is 0.796. The minimum absolute atomic E-state index is 0.510. The molecule has 0 aromatic carbocycles. The van der Waals surface area contributed by atoms with Crippen LogP contribution in [0.3, 0.4) is 0 Å². The second kappa shape index (κ2) is 5.69. The molecule has 90 valence electrons. The van der Waals surface area contributed by atoms with Gasteiger partial charge in [0.2, 0.25) is 10.3 Å². The third kappa shape index (κ3) is 3.46. The van der Waals surface area contributed by atoms with Crippen molar-refractivity contribution in [2.24, 2.45) is 0 Å². The van der Waals surface area contributed by atoms with Gasteiger partial charge in [0.05, 0.1) is 0 Å². The molecule has 8 heteroatoms. The van der Waals surface area contributed by atoms with Gasteiger partial charge in [-0.05, 0) is 0 Å². The highest BCUT2D eigenvalue weighted by atomic mass is 32.1. The van der Waals surface area contributed by atoms with Crippen LogP contribution in [-0.2, 0) is 12.8 Å². The molecule has 0 saturated carbocycles. The molecule has 0 aliphatic carbocycles. The van der Waals surface area contributed by atoms with Gasteiger partial charge >= 0.3 is 0 Å². The summed E-state index contributed by atoms with van der Waals surface area (Å²) in [6.07, 6.45) is 5.64. The summed E-state index contributed by atoms with van der Waals surface area (Å²) in [6, 6.07) is 0. The SMILES string of the molecule is CNc1nnc(C/C=C/Cc2nnc(N)s2)s1. The van der Waals surface area contributed by atoms with E-state index in [9.17, 15) is 0 Å². The zero-order chi connectivity index (χ0) is 12.1. The number of allylic oxidation sites excluding steroid dienone is 2. The van der Waals surface area contributed by atoms with Crippen LogP contribution in [0.5, 0.6) is 0 Å². The molecule has 2 rings (SSSR count). The molecule has 0 unspecified atom stereocenters. The first kappa shape index (κ1) is 11.9. The van der Waals surface area contributed by atoms with Crippen LogP contribution in [0.25, 0.3) is 0 Å². The third-order valence-corrected chi connectivity index (χ3v) is 3.65. The topological polar surface area (TPSA) is 89.6 Å². The van der Waals surface area contributed by atoms with E-state index in [0.717, 1.165) is 28.0 Å². The van der Waals surface area contributed by atoms with E-state index in [-0.39, 0.29) is 0 Å². The van der Waals surface area contributed by atoms with Crippen molar-refractivity contribution in [1.29, 1.82) is 0 Å². The van der Waals surface area contributed by atoms with E-state index in [0.29, 0.717) is 5.13 Å². The average Bonchev–Trinajstić information content (AvgIpc) is 2.93. The lowest BCUT2D eigenvalue weighted by molar-refractivity contribution is 1.00. The number of nitrogens with zero attached hydrogens (tertiary/aromatic N) is 4. The summed E-state index contributed by atoms with van der Waals surface area (Å²) in [6.45, 7) is 0. The number of anilines is 2. The second-order valence-electron chi connectivity index (χ2n) is 3.16. The van der Waals surface area contributed by atoms with Crippen LogP contribution in [0.2, 0.25) is 0 Å². The highest BCUT2D eigenvalue weighted by molar-refractivity contribution is 7.15. The van der Waals surface area contributed by atoms with E-state index in [1.807, 2.05) is 13.1 Å². The lowest BCUT2D eigenvalue weighted by Crippen LogP contribution is -1.84. The summed E-state index contributed by atoms with van der Waals surface area (Å²) >= 11 is 2.96. The Kier molecular flexibility index (Phi) is 3.99. The Morgan fingerprint density at radius 3 is 2.24 bits per heavy atom. The van der Waals surface area contributed by atoms with E-state index in [2.05, 4.69) is 31.8 Å². The van der Waals surface area contributed by atoms with Crippen molar-refractivity contribution in [3.63, 3.8) is 0 Å². The van der Waals surface area contributed by atoms with Gasteiger partial charge in [0.25, 0.3) is 0 Å². The number of nitrogens with two attached hydrogens (primary N) is 1. The Hall–Kier alpha value is -1.54. The van der Waals surface area contributed by atoms with Crippen LogP contribution in [-0.4, -0.2) is 27.4 Å². The lowest BCUT2D eigenvalue weighted by Gasteiger charge is -1.87. The molecule has 6 nitrogen and oxygen atoms in total. The summed E-state index contributed by atoms with van der Waals surface area (Å²) in [5.74, 6) is 0. The van der Waals surface area contributed by atoms with Crippen LogP contribution in [0.4, 0.5) is 10.3 Å². The Morgan fingerprint density at radius 2 is 1.71 bits per heavy atom. The molecule has 0 saturated heterocycles. The molecule has 0 aliphatic heterocycles. The maximum atomic E-state index is 5.49. The average molecular weight is 268 g/mol. The molecular formula is C9H12N6S2. The highest BCUT2D eigenvalue weighted by Crippen LogP contribution is 2.15. The van der Waals surface area contributed by atoms with Crippen molar-refractivity contribution in [2.45, 2.75) is 12.8 Å². The molecule has 0 radical (unpaired) electrons. The van der Waals surface area contributed by atoms with Crippen LogP contribution < -0.4 is 11.1 Å². The van der Waals surface area contributed by atoms with Crippen LogP contribution in [0.15, 0.2) is 12.2 Å². The largest absolute Gasteiger partial charge is 0.374 e. The van der Waals surface area contributed by atoms with E-state index in [1.54, 1.807) is 11.3 Å². The fraction of sp³-hybridized carbons (Fsp3) is 0.333. The fourth-order valence-electron chi connectivity index (χ4n) is 1.15. The van der Waals surface area contributed by atoms with Gasteiger partial charge < -0.3 is 11.1 Å². The van der Waals surface area contributed by atoms with Gasteiger partial charge in [0.1, 0.15) is 10.0 Å². The first-order valence-corrected chi connectivity index (χ1v) is 6.64. The molecule has 0 atom stereocenters. The molecule has 2 heterocycles. The minimum Gasteiger partial charge on any atom is -0.374 e. The van der Waals surface area contributed by atoms with Crippen LogP contribution in [0, 0.1) is 0 Å². The maximum absolute atomic E-state index is 5.49. The molecule has 17 heavy (non-hydrogen) atoms. The van der Waals surface area contributed by atoms with Crippen molar-refractivity contribution >= 4 is 32.9 Å². The number of nitrogen functional groups attached to an aromatic ring is 1. The summed E-state index contributed by atoms with van der Waals surface area (Å²) in [7, 11) is 1.83. The monoisotopic (exact) mass is 268 g/mol. The standard InChI is InChI=1S/C9H12N6S2/c1-11-9-15-13-7(17-9)5-3-2-4-6-12-14-8(10)16-6/h2-3H,4-5H2,1H3,(H2,10,14)(H,11,15)/b3-2+. The number of nitrogens with one attached hydrogen (secondary N) is 1. The van der Waals surface area contributed by atoms with Gasteiger partial charge in [-0.2, -0.15) is 0 Å². The third-order valence-electron chi connectivity index (χ3n) is 1.91. The smallest absolute Gasteiger partial charge is 0.205 e. The fourth-order valence-corrected chi connectivity index (χ4v) is 2.41. The van der Waals surface area contributed by atoms with Crippen LogP contribution in [0.1, 0.15) is 10.0 Å². The maximum Gasteiger partial charge on any atom is 0.205 e. The highest BCUT2D eigenvalue weighted by Gasteiger charge is 2.00. The van der Waals surface area contributed by atoms with Crippen molar-refractivity contribution in [3.8, 4) is 0 Å². The van der Waals surface area contributed by atoms with Gasteiger partial charge in [0.15, 0.2) is 0 Å². The Morgan fingerprint density at radius 1 is 1.06 bits per heavy atom. The van der Waals surface area contributed by atoms with Gasteiger partial charge in [-0.25, -0.2) is 0 Å². The molecule has 0 bridgehead atoms. The summed E-state index contributed by atoms with van der Waals surface area (Å²) in [5.41, 5.74) is 5.49. The van der Waals surface area contributed by atoms with E-state index < -0.39 is 0 Å². The predicted molar refractivity (Wildman–Crippen MR) is 70.3 cm³/mol. The zero-order valence-corrected chi connectivity index (χ0v) is 10.9. The number of aromatic nitrogens is 4. The zero-order valence-electron chi connectivity index (χ0n) is 9.25. The van der Waals surface area contributed by atoms with Crippen molar-refractivity contribution in [1.82, 2.24) is 20.4 Å². The van der Waals surface area contributed by atoms with E-state index in [4.69, 9.17) is 5.73 Å². The predicted octanol–water partition coefficient (Wildman–Crippen LogP) is 1.35. The van der Waals surface area contributed by atoms with Crippen molar-refractivity contribution < 1.29 is 0 Å². The van der Waals surface area contributed by atoms with Gasteiger partial charge in [-0.3, -0.25) is 0 Å². The Balaban J connectivity index is 1.81. The lowest BCUT2D eigenvalue weighted by atomic mass is 10.3. The number of rotatable bonds is 5. The molecule has 2 aromatic rings. The summed E-state index contributed by atoms with van der Waals surface area (Å²) < 4.78 is 0. The molecular weight excluding hydrogens is 256 g/mol. The molecule has 3 N–H and O–H groups in total. The normalized spacial score (nSPS) is 11.1. The van der Waals surface area contributed by atoms with Crippen molar-refractivity contribution in [2.75, 3.05) is 18.1 Å². The van der Waals surface area contributed by atoms with Gasteiger partial charge in [-0.15, -0.1) is 20.4 Å². The van der Waals surface area contributed by atoms with Crippen molar-refractivity contribution in [3.05, 3.63) is 22.2 Å². The summed E-state index contributed by atoms with van der Waals surface area (Å²) in [4.78, 5) is 0. The molecule has 0 fully saturated rings. The summed E-state index contributed by atoms with van der Waals surface area (Å²) in [5, 5.41) is 21.9. The number of hydrogen-bond acceptors (Lipinski definition) is 8. The molecule has 0 aliphatic rings.